The molecule has 0 saturated carbocycles. The van der Waals surface area contributed by atoms with Gasteiger partial charge in [-0.05, 0) is 30.5 Å². The number of amides is 3. The summed E-state index contributed by atoms with van der Waals surface area (Å²) in [4.78, 5) is 44.1. The van der Waals surface area contributed by atoms with E-state index >= 15 is 0 Å². The Balaban J connectivity index is 1.51. The molecule has 1 fully saturated rings. The predicted molar refractivity (Wildman–Crippen MR) is 146 cm³/mol. The normalized spacial score (nSPS) is 14.7. The van der Waals surface area contributed by atoms with Crippen LogP contribution in [-0.2, 0) is 24.6 Å². The van der Waals surface area contributed by atoms with Crippen LogP contribution in [0.5, 0.6) is 0 Å². The lowest BCUT2D eigenvalue weighted by Gasteiger charge is -2.32. The molecule has 3 aromatic rings. The maximum Gasteiger partial charge on any atom is 0.435 e. The van der Waals surface area contributed by atoms with Crippen molar-refractivity contribution >= 4 is 35.5 Å². The van der Waals surface area contributed by atoms with Crippen molar-refractivity contribution in [1.29, 1.82) is 0 Å². The number of nitrogens with one attached hydrogen (secondary N) is 1. The lowest BCUT2D eigenvalue weighted by Crippen LogP contribution is -2.48. The van der Waals surface area contributed by atoms with Gasteiger partial charge in [0.2, 0.25) is 6.41 Å². The Kier molecular flexibility index (Phi) is 9.05. The van der Waals surface area contributed by atoms with Crippen LogP contribution in [-0.4, -0.2) is 73.5 Å². The number of piperazine rings is 1. The number of benzene rings is 1. The smallest absolute Gasteiger partial charge is 0.342 e. The average Bonchev–Trinajstić information content (AvgIpc) is 3.51. The number of carbonyl (C=O) groups is 3. The number of aromatic nitrogens is 4. The third kappa shape index (κ3) is 6.72. The topological polar surface area (TPSA) is 105 Å². The Hall–Kier alpha value is -3.87. The molecule has 4 rings (SSSR count). The van der Waals surface area contributed by atoms with E-state index in [9.17, 15) is 27.6 Å². The number of rotatable bonds is 9. The van der Waals surface area contributed by atoms with Gasteiger partial charge >= 0.3 is 6.18 Å². The van der Waals surface area contributed by atoms with Crippen LogP contribution in [0.3, 0.4) is 0 Å². The number of halogens is 4. The Labute approximate surface area is 240 Å². The molecule has 220 valence electrons. The van der Waals surface area contributed by atoms with Crippen molar-refractivity contribution in [3.05, 3.63) is 52.7 Å². The van der Waals surface area contributed by atoms with Gasteiger partial charge in [0.15, 0.2) is 11.5 Å². The Morgan fingerprint density at radius 3 is 2.51 bits per heavy atom. The van der Waals surface area contributed by atoms with Gasteiger partial charge in [0.25, 0.3) is 11.8 Å². The molecule has 2 aromatic heterocycles. The highest BCUT2D eigenvalue weighted by atomic mass is 35.5. The van der Waals surface area contributed by atoms with E-state index in [0.717, 1.165) is 19.3 Å². The zero-order valence-electron chi connectivity index (χ0n) is 22.9. The fourth-order valence-electron chi connectivity index (χ4n) is 4.84. The molecule has 1 aliphatic heterocycles. The fraction of sp³-hybridized carbons (Fsp3) is 0.444. The highest BCUT2D eigenvalue weighted by Crippen LogP contribution is 2.36. The van der Waals surface area contributed by atoms with Crippen molar-refractivity contribution in [2.75, 3.05) is 31.5 Å². The van der Waals surface area contributed by atoms with E-state index in [1.54, 1.807) is 9.80 Å². The van der Waals surface area contributed by atoms with Gasteiger partial charge in [-0.3, -0.25) is 19.1 Å². The van der Waals surface area contributed by atoms with Crippen LogP contribution in [0.25, 0.3) is 11.3 Å². The van der Waals surface area contributed by atoms with E-state index in [2.05, 4.69) is 15.4 Å². The Morgan fingerprint density at radius 1 is 1.20 bits per heavy atom. The highest BCUT2D eigenvalue weighted by molar-refractivity contribution is 6.34. The predicted octanol–water partition coefficient (Wildman–Crippen LogP) is 4.56. The molecular weight excluding hydrogens is 563 g/mol. The van der Waals surface area contributed by atoms with Crippen molar-refractivity contribution in [2.24, 2.45) is 13.0 Å². The van der Waals surface area contributed by atoms with Gasteiger partial charge in [-0.25, -0.2) is 4.98 Å². The molecule has 1 saturated heterocycles. The van der Waals surface area contributed by atoms with Gasteiger partial charge in [-0.1, -0.05) is 31.9 Å². The molecule has 1 atom stereocenters. The lowest BCUT2D eigenvalue weighted by atomic mass is 10.1. The first kappa shape index (κ1) is 30.1. The van der Waals surface area contributed by atoms with Crippen molar-refractivity contribution < 1.29 is 27.6 Å². The molecule has 3 heterocycles. The second-order valence-corrected chi connectivity index (χ2v) is 10.5. The van der Waals surface area contributed by atoms with Gasteiger partial charge in [0, 0.05) is 51.7 Å². The minimum Gasteiger partial charge on any atom is -0.342 e. The number of hydrogen-bond acceptors (Lipinski definition) is 5. The van der Waals surface area contributed by atoms with Gasteiger partial charge < -0.3 is 19.7 Å². The summed E-state index contributed by atoms with van der Waals surface area (Å²) in [6.07, 6.45) is 0.352. The molecule has 3 amide bonds. The first-order valence-electron chi connectivity index (χ1n) is 13.2. The molecule has 10 nitrogen and oxygen atoms in total. The SMILES string of the molecule is CCCC(C)Cn1cc(-c2cnc(C(=O)Nc3ccc(C(=O)N4CCN(C=O)CC4)c(Cl)c3)n2C)c(C(F)(F)F)n1. The number of nitrogens with zero attached hydrogens (tertiary/aromatic N) is 6. The maximum absolute atomic E-state index is 13.9. The van der Waals surface area contributed by atoms with Crippen LogP contribution in [0.1, 0.15) is 53.4 Å². The molecule has 0 spiro atoms. The minimum atomic E-state index is -4.70. The number of imidazole rings is 1. The van der Waals surface area contributed by atoms with Gasteiger partial charge in [-0.15, -0.1) is 0 Å². The summed E-state index contributed by atoms with van der Waals surface area (Å²) >= 11 is 6.36. The van der Waals surface area contributed by atoms with Crippen molar-refractivity contribution in [3.63, 3.8) is 0 Å². The summed E-state index contributed by atoms with van der Waals surface area (Å²) in [7, 11) is 1.45. The van der Waals surface area contributed by atoms with Crippen LogP contribution in [0.4, 0.5) is 18.9 Å². The number of hydrogen-bond donors (Lipinski definition) is 1. The standard InChI is InChI=1S/C27H31ClF3N7O3/c1-4-5-17(2)14-38-15-20(23(34-38)27(29,30)31)22-13-32-24(35(22)3)25(40)33-18-6-7-19(21(28)12-18)26(41)37-10-8-36(16-39)9-11-37/h6-7,12-13,15-17H,4-5,8-11,14H2,1-3H3,(H,33,40). The molecule has 0 radical (unpaired) electrons. The van der Waals surface area contributed by atoms with Crippen molar-refractivity contribution in [2.45, 2.75) is 39.4 Å². The highest BCUT2D eigenvalue weighted by Gasteiger charge is 2.38. The monoisotopic (exact) mass is 593 g/mol. The van der Waals surface area contributed by atoms with Gasteiger partial charge in [-0.2, -0.15) is 18.3 Å². The molecule has 41 heavy (non-hydrogen) atoms. The van der Waals surface area contributed by atoms with E-state index in [0.29, 0.717) is 32.7 Å². The van der Waals surface area contributed by atoms with Crippen LogP contribution in [0, 0.1) is 5.92 Å². The average molecular weight is 594 g/mol. The van der Waals surface area contributed by atoms with E-state index in [4.69, 9.17) is 11.6 Å². The molecular formula is C27H31ClF3N7O3. The Bertz CT molecular complexity index is 1430. The maximum atomic E-state index is 13.9. The van der Waals surface area contributed by atoms with Crippen molar-refractivity contribution in [1.82, 2.24) is 29.1 Å². The number of carbonyl (C=O) groups excluding carboxylic acids is 3. The van der Waals surface area contributed by atoms with E-state index in [-0.39, 0.29) is 45.2 Å². The van der Waals surface area contributed by atoms with Crippen LogP contribution in [0.2, 0.25) is 5.02 Å². The van der Waals surface area contributed by atoms with Crippen LogP contribution < -0.4 is 5.32 Å². The van der Waals surface area contributed by atoms with Crippen LogP contribution >= 0.6 is 11.6 Å². The van der Waals surface area contributed by atoms with Crippen LogP contribution in [0.15, 0.2) is 30.6 Å². The molecule has 1 unspecified atom stereocenters. The second-order valence-electron chi connectivity index (χ2n) is 10.1. The summed E-state index contributed by atoms with van der Waals surface area (Å²) in [5.74, 6) is -0.943. The summed E-state index contributed by atoms with van der Waals surface area (Å²) in [5.41, 5.74) is -0.606. The van der Waals surface area contributed by atoms with Gasteiger partial charge in [0.05, 0.1) is 28.0 Å². The molecule has 0 aliphatic carbocycles. The van der Waals surface area contributed by atoms with Gasteiger partial charge in [0.1, 0.15) is 0 Å². The van der Waals surface area contributed by atoms with Crippen molar-refractivity contribution in [3.8, 4) is 11.3 Å². The molecule has 14 heteroatoms. The third-order valence-corrected chi connectivity index (χ3v) is 7.30. The summed E-state index contributed by atoms with van der Waals surface area (Å²) in [5, 5.41) is 6.55. The van der Waals surface area contributed by atoms with E-state index in [1.165, 1.54) is 46.9 Å². The largest absolute Gasteiger partial charge is 0.435 e. The van der Waals surface area contributed by atoms with E-state index < -0.39 is 17.8 Å². The second kappa shape index (κ2) is 12.3. The molecule has 1 aromatic carbocycles. The summed E-state index contributed by atoms with van der Waals surface area (Å²) in [6.45, 7) is 5.90. The third-order valence-electron chi connectivity index (χ3n) is 6.99. The fourth-order valence-corrected chi connectivity index (χ4v) is 5.10. The quantitative estimate of drug-likeness (QED) is 0.366. The zero-order chi connectivity index (χ0) is 29.9. The first-order chi connectivity index (χ1) is 19.4. The summed E-state index contributed by atoms with van der Waals surface area (Å²) < 4.78 is 44.1. The van der Waals surface area contributed by atoms with E-state index in [1.807, 2.05) is 13.8 Å². The summed E-state index contributed by atoms with van der Waals surface area (Å²) in [6, 6.07) is 4.41. The zero-order valence-corrected chi connectivity index (χ0v) is 23.7. The Morgan fingerprint density at radius 2 is 1.90 bits per heavy atom. The number of anilines is 1. The molecule has 1 N–H and O–H groups in total. The molecule has 0 bridgehead atoms. The first-order valence-corrected chi connectivity index (χ1v) is 13.6. The number of alkyl halides is 3. The molecule has 1 aliphatic rings. The lowest BCUT2D eigenvalue weighted by molar-refractivity contribution is -0.141. The minimum absolute atomic E-state index is 0.0884.